The highest BCUT2D eigenvalue weighted by Gasteiger charge is 2.27. The lowest BCUT2D eigenvalue weighted by Gasteiger charge is -2.35. The fourth-order valence-electron chi connectivity index (χ4n) is 3.21. The fourth-order valence-corrected chi connectivity index (χ4v) is 3.21. The number of hydrogen-bond acceptors (Lipinski definition) is 4. The Morgan fingerprint density at radius 1 is 1.22 bits per heavy atom. The average molecular weight is 368 g/mol. The molecule has 5 nitrogen and oxygen atoms in total. The van der Waals surface area contributed by atoms with E-state index >= 15 is 0 Å². The van der Waals surface area contributed by atoms with Crippen LogP contribution in [0.1, 0.15) is 34.3 Å². The number of hydrogen-bond donors (Lipinski definition) is 3. The van der Waals surface area contributed by atoms with Crippen LogP contribution in [-0.2, 0) is 5.31 Å². The second-order valence-corrected chi connectivity index (χ2v) is 6.66. The molecule has 0 bridgehead atoms. The average Bonchev–Trinajstić information content (AvgIpc) is 2.64. The number of halogens is 2. The first kappa shape index (κ1) is 19.0. The summed E-state index contributed by atoms with van der Waals surface area (Å²) in [4.78, 5) is 15.2. The van der Waals surface area contributed by atoms with E-state index in [1.807, 2.05) is 0 Å². The quantitative estimate of drug-likeness (QED) is 0.439. The maximum Gasteiger partial charge on any atom is 0.250 e. The highest BCUT2D eigenvalue weighted by Crippen LogP contribution is 2.30. The van der Waals surface area contributed by atoms with Crippen molar-refractivity contribution in [2.24, 2.45) is 10.7 Å². The van der Waals surface area contributed by atoms with E-state index in [1.54, 1.807) is 24.3 Å². The molecule has 0 saturated carbocycles. The number of aliphatic imine (C=N–C) groups is 1. The van der Waals surface area contributed by atoms with E-state index < -0.39 is 23.0 Å². The second kappa shape index (κ2) is 7.48. The Hall–Kier alpha value is -2.74. The van der Waals surface area contributed by atoms with E-state index in [4.69, 9.17) is 19.3 Å². The molecular formula is C19H19BF2N4O. The van der Waals surface area contributed by atoms with Gasteiger partial charge in [0.25, 0.3) is 5.91 Å². The summed E-state index contributed by atoms with van der Waals surface area (Å²) in [5, 5.41) is 2.80. The van der Waals surface area contributed by atoms with Crippen LogP contribution in [0.3, 0.4) is 0 Å². The molecule has 1 heterocycles. The Bertz CT molecular complexity index is 893. The third-order valence-electron chi connectivity index (χ3n) is 4.72. The number of nitrogens with zero attached hydrogens (tertiary/aromatic N) is 1. The van der Waals surface area contributed by atoms with Crippen LogP contribution >= 0.6 is 0 Å². The molecule has 5 N–H and O–H groups in total. The summed E-state index contributed by atoms with van der Waals surface area (Å²) >= 11 is 0. The number of anilines is 1. The van der Waals surface area contributed by atoms with Crippen LogP contribution in [0, 0.1) is 5.82 Å². The second-order valence-electron chi connectivity index (χ2n) is 6.66. The fraction of sp³-hybridized carbons (Fsp3) is 0.263. The summed E-state index contributed by atoms with van der Waals surface area (Å²) in [5.74, 6) is -2.78. The zero-order valence-corrected chi connectivity index (χ0v) is 14.6. The highest BCUT2D eigenvalue weighted by molar-refractivity contribution is 6.16. The van der Waals surface area contributed by atoms with E-state index in [0.717, 1.165) is 37.1 Å². The van der Waals surface area contributed by atoms with Gasteiger partial charge in [-0.25, -0.2) is 9.38 Å². The number of carbonyl (C=O) groups is 1. The van der Waals surface area contributed by atoms with Gasteiger partial charge in [0.2, 0.25) is 5.97 Å². The van der Waals surface area contributed by atoms with Gasteiger partial charge in [0, 0.05) is 0 Å². The number of nitrogens with two attached hydrogens (primary N) is 2. The Morgan fingerprint density at radius 3 is 2.48 bits per heavy atom. The van der Waals surface area contributed by atoms with Crippen molar-refractivity contribution in [3.8, 4) is 0 Å². The topological polar surface area (TPSA) is 93.5 Å². The van der Waals surface area contributed by atoms with Crippen molar-refractivity contribution < 1.29 is 13.6 Å². The van der Waals surface area contributed by atoms with Gasteiger partial charge in [0.15, 0.2) is 0 Å². The molecule has 2 aromatic rings. The molecular weight excluding hydrogens is 349 g/mol. The molecule has 2 aromatic carbocycles. The summed E-state index contributed by atoms with van der Waals surface area (Å²) in [5.41, 5.74) is 11.2. The third kappa shape index (κ3) is 4.00. The van der Waals surface area contributed by atoms with Crippen LogP contribution in [0.25, 0.3) is 0 Å². The number of benzene rings is 2. The SMILES string of the molecule is [B]C1(c2ccc(N=C(F)c3cc(F)cc(C(N)=O)c3N)cc2)CCCNC1. The molecule has 1 aliphatic heterocycles. The van der Waals surface area contributed by atoms with Crippen LogP contribution in [0.5, 0.6) is 0 Å². The standard InChI is InChI=1S/C19H19BF2N4O/c20-19(6-1-7-25-10-19)11-2-4-13(5-3-11)26-17(22)14-8-12(21)9-15(16(14)23)18(24)27/h2-5,8-9,25H,1,6-7,10,23H2,(H2,24,27). The van der Waals surface area contributed by atoms with Crippen LogP contribution in [0.4, 0.5) is 20.2 Å². The van der Waals surface area contributed by atoms with Crippen molar-refractivity contribution in [2.75, 3.05) is 18.8 Å². The molecule has 3 rings (SSSR count). The monoisotopic (exact) mass is 368 g/mol. The van der Waals surface area contributed by atoms with Crippen LogP contribution in [-0.4, -0.2) is 32.8 Å². The largest absolute Gasteiger partial charge is 0.397 e. The molecule has 0 spiro atoms. The molecule has 8 heteroatoms. The van der Waals surface area contributed by atoms with Gasteiger partial charge < -0.3 is 16.8 Å². The third-order valence-corrected chi connectivity index (χ3v) is 4.72. The van der Waals surface area contributed by atoms with Gasteiger partial charge in [-0.3, -0.25) is 4.79 Å². The van der Waals surface area contributed by atoms with Crippen molar-refractivity contribution >= 4 is 31.1 Å². The number of primary amides is 1. The van der Waals surface area contributed by atoms with Crippen LogP contribution < -0.4 is 16.8 Å². The van der Waals surface area contributed by atoms with E-state index in [2.05, 4.69) is 10.3 Å². The summed E-state index contributed by atoms with van der Waals surface area (Å²) < 4.78 is 28.2. The smallest absolute Gasteiger partial charge is 0.250 e. The van der Waals surface area contributed by atoms with Gasteiger partial charge in [0.05, 0.1) is 30.3 Å². The minimum atomic E-state index is -1.01. The normalized spacial score (nSPS) is 20.4. The Kier molecular flexibility index (Phi) is 5.27. The number of carbonyl (C=O) groups excluding carboxylic acids is 1. The molecule has 1 atom stereocenters. The number of piperidine rings is 1. The van der Waals surface area contributed by atoms with E-state index in [0.29, 0.717) is 12.2 Å². The summed E-state index contributed by atoms with van der Waals surface area (Å²) in [6, 6.07) is 8.58. The van der Waals surface area contributed by atoms with Gasteiger partial charge in [-0.2, -0.15) is 4.39 Å². The minimum Gasteiger partial charge on any atom is -0.397 e. The lowest BCUT2D eigenvalue weighted by molar-refractivity contribution is 0.100. The lowest BCUT2D eigenvalue weighted by atomic mass is 9.60. The maximum atomic E-state index is 14.6. The molecule has 1 unspecified atom stereocenters. The number of nitrogen functional groups attached to an aromatic ring is 1. The van der Waals surface area contributed by atoms with Crippen molar-refractivity contribution in [1.29, 1.82) is 0 Å². The molecule has 1 aliphatic rings. The van der Waals surface area contributed by atoms with E-state index in [-0.39, 0.29) is 16.8 Å². The molecule has 1 fully saturated rings. The zero-order valence-electron chi connectivity index (χ0n) is 14.6. The summed E-state index contributed by atoms with van der Waals surface area (Å²) in [7, 11) is 6.43. The molecule has 0 aromatic heterocycles. The Labute approximate surface area is 157 Å². The van der Waals surface area contributed by atoms with Crippen molar-refractivity contribution in [3.05, 3.63) is 58.9 Å². The number of amides is 1. The van der Waals surface area contributed by atoms with Gasteiger partial charge in [-0.15, -0.1) is 0 Å². The van der Waals surface area contributed by atoms with E-state index in [1.165, 1.54) is 0 Å². The molecule has 27 heavy (non-hydrogen) atoms. The van der Waals surface area contributed by atoms with Crippen molar-refractivity contribution in [3.63, 3.8) is 0 Å². The predicted octanol–water partition coefficient (Wildman–Crippen LogP) is 2.30. The lowest BCUT2D eigenvalue weighted by Crippen LogP contribution is -2.43. The number of rotatable bonds is 4. The maximum absolute atomic E-state index is 14.6. The van der Waals surface area contributed by atoms with Crippen LogP contribution in [0.15, 0.2) is 41.4 Å². The first-order valence-electron chi connectivity index (χ1n) is 8.54. The summed E-state index contributed by atoms with van der Waals surface area (Å²) in [6.45, 7) is 1.61. The first-order chi connectivity index (χ1) is 12.8. The van der Waals surface area contributed by atoms with Crippen molar-refractivity contribution in [2.45, 2.75) is 18.2 Å². The van der Waals surface area contributed by atoms with Crippen molar-refractivity contribution in [1.82, 2.24) is 5.32 Å². The highest BCUT2D eigenvalue weighted by atomic mass is 19.1. The predicted molar refractivity (Wildman–Crippen MR) is 103 cm³/mol. The molecule has 0 aliphatic carbocycles. The van der Waals surface area contributed by atoms with Gasteiger partial charge in [-0.05, 0) is 61.1 Å². The molecule has 1 saturated heterocycles. The molecule has 2 radical (unpaired) electrons. The Balaban J connectivity index is 1.90. The minimum absolute atomic E-state index is 0.254. The number of nitrogens with one attached hydrogen (secondary N) is 1. The zero-order chi connectivity index (χ0) is 19.6. The van der Waals surface area contributed by atoms with Gasteiger partial charge in [-0.1, -0.05) is 12.1 Å². The van der Waals surface area contributed by atoms with Crippen LogP contribution in [0.2, 0.25) is 0 Å². The summed E-state index contributed by atoms with van der Waals surface area (Å²) in [6.07, 6.45) is 1.83. The van der Waals surface area contributed by atoms with Gasteiger partial charge in [0.1, 0.15) is 5.82 Å². The molecule has 1 amide bonds. The Morgan fingerprint density at radius 2 is 1.89 bits per heavy atom. The molecule has 138 valence electrons. The van der Waals surface area contributed by atoms with Gasteiger partial charge >= 0.3 is 0 Å². The first-order valence-corrected chi connectivity index (χ1v) is 8.54. The van der Waals surface area contributed by atoms with E-state index in [9.17, 15) is 13.6 Å².